The monoisotopic (exact) mass is 361 g/mol. The molecule has 7 N–H and O–H groups in total. The first-order valence-corrected chi connectivity index (χ1v) is 8.58. The Bertz CT molecular complexity index is 501. The van der Waals surface area contributed by atoms with Crippen molar-refractivity contribution < 1.29 is 40.1 Å². The molecular weight excluding hydrogens is 334 g/mol. The molecule has 0 bridgehead atoms. The van der Waals surface area contributed by atoms with Crippen molar-refractivity contribution >= 4 is 0 Å². The molecule has 25 heavy (non-hydrogen) atoms. The van der Waals surface area contributed by atoms with Crippen molar-refractivity contribution in [2.45, 2.75) is 68.3 Å². The topological polar surface area (TPSA) is 152 Å². The summed E-state index contributed by atoms with van der Waals surface area (Å²) < 4.78 is 11.0. The van der Waals surface area contributed by atoms with Crippen LogP contribution in [0.4, 0.5) is 0 Å². The van der Waals surface area contributed by atoms with E-state index in [-0.39, 0.29) is 11.5 Å². The molecule has 1 saturated carbocycles. The molecular formula is C16H27NO8. The summed E-state index contributed by atoms with van der Waals surface area (Å²) in [6, 6.07) is -1.36. The lowest BCUT2D eigenvalue weighted by molar-refractivity contribution is -0.273. The van der Waals surface area contributed by atoms with Gasteiger partial charge in [-0.05, 0) is 18.9 Å². The zero-order valence-corrected chi connectivity index (χ0v) is 14.0. The number of hydrogen-bond acceptors (Lipinski definition) is 9. The second-order valence-corrected chi connectivity index (χ2v) is 7.10. The Hall–Kier alpha value is -0.620. The minimum Gasteiger partial charge on any atom is -0.392 e. The van der Waals surface area contributed by atoms with Gasteiger partial charge in [0.25, 0.3) is 0 Å². The van der Waals surface area contributed by atoms with Crippen LogP contribution >= 0.6 is 0 Å². The van der Waals surface area contributed by atoms with Gasteiger partial charge in [0.05, 0.1) is 31.5 Å². The normalized spacial score (nSPS) is 50.9. The van der Waals surface area contributed by atoms with Crippen molar-refractivity contribution in [2.24, 2.45) is 5.92 Å². The molecule has 0 aromatic heterocycles. The molecule has 10 unspecified atom stereocenters. The highest BCUT2D eigenvalue weighted by molar-refractivity contribution is 5.22. The maximum absolute atomic E-state index is 10.4. The molecule has 0 amide bonds. The summed E-state index contributed by atoms with van der Waals surface area (Å²) in [4.78, 5) is 0. The third kappa shape index (κ3) is 3.61. The summed E-state index contributed by atoms with van der Waals surface area (Å²) in [5.41, 5.74) is 0.192. The van der Waals surface area contributed by atoms with E-state index < -0.39 is 61.6 Å². The Morgan fingerprint density at radius 2 is 1.80 bits per heavy atom. The van der Waals surface area contributed by atoms with Gasteiger partial charge >= 0.3 is 0 Å². The molecule has 0 aromatic carbocycles. The summed E-state index contributed by atoms with van der Waals surface area (Å²) >= 11 is 0. The van der Waals surface area contributed by atoms with Gasteiger partial charge in [0.2, 0.25) is 0 Å². The molecule has 144 valence electrons. The second-order valence-electron chi connectivity index (χ2n) is 7.10. The van der Waals surface area contributed by atoms with Crippen LogP contribution in [0.25, 0.3) is 0 Å². The van der Waals surface area contributed by atoms with E-state index in [1.165, 1.54) is 6.08 Å². The van der Waals surface area contributed by atoms with Gasteiger partial charge in [0.15, 0.2) is 6.29 Å². The second kappa shape index (κ2) is 7.55. The van der Waals surface area contributed by atoms with Crippen LogP contribution < -0.4 is 5.32 Å². The average Bonchev–Trinajstić information content (AvgIpc) is 2.60. The number of fused-ring (bicyclic) bond motifs is 1. The zero-order valence-electron chi connectivity index (χ0n) is 14.0. The third-order valence-corrected chi connectivity index (χ3v) is 5.42. The molecule has 9 heteroatoms. The van der Waals surface area contributed by atoms with Crippen molar-refractivity contribution in [3.8, 4) is 0 Å². The van der Waals surface area contributed by atoms with E-state index in [4.69, 9.17) is 9.47 Å². The molecule has 3 rings (SSSR count). The average molecular weight is 361 g/mol. The number of aliphatic hydroxyl groups excluding tert-OH is 6. The van der Waals surface area contributed by atoms with Gasteiger partial charge in [-0.25, -0.2) is 0 Å². The van der Waals surface area contributed by atoms with Crippen LogP contribution in [-0.2, 0) is 9.47 Å². The maximum atomic E-state index is 10.4. The predicted octanol–water partition coefficient (Wildman–Crippen LogP) is -3.17. The molecule has 0 aromatic rings. The van der Waals surface area contributed by atoms with Gasteiger partial charge in [-0.3, -0.25) is 0 Å². The number of rotatable bonds is 3. The minimum atomic E-state index is -1.45. The van der Waals surface area contributed by atoms with Crippen LogP contribution in [0, 0.1) is 5.92 Å². The highest BCUT2D eigenvalue weighted by Gasteiger charge is 2.48. The quantitative estimate of drug-likeness (QED) is 0.258. The molecule has 1 heterocycles. The van der Waals surface area contributed by atoms with E-state index in [0.717, 1.165) is 0 Å². The molecule has 2 aliphatic carbocycles. The van der Waals surface area contributed by atoms with Crippen molar-refractivity contribution in [1.82, 2.24) is 5.32 Å². The fourth-order valence-corrected chi connectivity index (χ4v) is 3.94. The van der Waals surface area contributed by atoms with Crippen molar-refractivity contribution in [1.29, 1.82) is 0 Å². The Labute approximate surface area is 145 Å². The summed E-state index contributed by atoms with van der Waals surface area (Å²) in [7, 11) is 0. The first kappa shape index (κ1) is 19.2. The van der Waals surface area contributed by atoms with Crippen LogP contribution in [0.1, 0.15) is 13.3 Å². The zero-order chi connectivity index (χ0) is 18.3. The lowest BCUT2D eigenvalue weighted by atomic mass is 9.78. The van der Waals surface area contributed by atoms with Crippen LogP contribution in [-0.4, -0.2) is 98.9 Å². The summed E-state index contributed by atoms with van der Waals surface area (Å²) in [5.74, 6) is -0.121. The Morgan fingerprint density at radius 1 is 1.08 bits per heavy atom. The molecule has 1 saturated heterocycles. The number of nitrogens with one attached hydrogen (secondary N) is 1. The molecule has 0 spiro atoms. The van der Waals surface area contributed by atoms with Crippen LogP contribution in [0.3, 0.4) is 0 Å². The van der Waals surface area contributed by atoms with Gasteiger partial charge in [-0.2, -0.15) is 0 Å². The molecule has 0 radical (unpaired) electrons. The number of aliphatic hydroxyl groups is 6. The molecule has 3 aliphatic rings. The fraction of sp³-hybridized carbons (Fsp3) is 0.875. The van der Waals surface area contributed by atoms with Gasteiger partial charge in [0, 0.05) is 12.0 Å². The first-order valence-electron chi connectivity index (χ1n) is 8.58. The van der Waals surface area contributed by atoms with Gasteiger partial charge in [-0.15, -0.1) is 0 Å². The maximum Gasteiger partial charge on any atom is 0.155 e. The molecule has 9 nitrogen and oxygen atoms in total. The molecule has 2 fully saturated rings. The van der Waals surface area contributed by atoms with E-state index >= 15 is 0 Å². The largest absolute Gasteiger partial charge is 0.392 e. The van der Waals surface area contributed by atoms with Gasteiger partial charge < -0.3 is 45.4 Å². The van der Waals surface area contributed by atoms with E-state index in [1.54, 1.807) is 6.92 Å². The lowest BCUT2D eigenvalue weighted by Gasteiger charge is -2.47. The summed E-state index contributed by atoms with van der Waals surface area (Å²) in [6.45, 7) is 1.66. The SMILES string of the molecule is CC1OCC2CC(NC3C=C(CO)C(O)C(O)C3O)C(O)C(O)C2O1. The predicted molar refractivity (Wildman–Crippen MR) is 84.3 cm³/mol. The van der Waals surface area contributed by atoms with Gasteiger partial charge in [0.1, 0.15) is 24.4 Å². The van der Waals surface area contributed by atoms with E-state index in [9.17, 15) is 30.6 Å². The third-order valence-electron chi connectivity index (χ3n) is 5.42. The summed E-state index contributed by atoms with van der Waals surface area (Å²) in [6.07, 6.45) is -5.43. The fourth-order valence-electron chi connectivity index (χ4n) is 3.94. The lowest BCUT2D eigenvalue weighted by Crippen LogP contribution is -2.65. The van der Waals surface area contributed by atoms with E-state index in [0.29, 0.717) is 13.0 Å². The first-order chi connectivity index (χ1) is 11.8. The van der Waals surface area contributed by atoms with Crippen molar-refractivity contribution in [3.05, 3.63) is 11.6 Å². The van der Waals surface area contributed by atoms with Crippen LogP contribution in [0.5, 0.6) is 0 Å². The Morgan fingerprint density at radius 3 is 2.48 bits per heavy atom. The molecule has 1 aliphatic heterocycles. The Balaban J connectivity index is 1.73. The Kier molecular flexibility index (Phi) is 5.78. The van der Waals surface area contributed by atoms with Gasteiger partial charge in [-0.1, -0.05) is 6.08 Å². The van der Waals surface area contributed by atoms with Crippen molar-refractivity contribution in [2.75, 3.05) is 13.2 Å². The standard InChI is InChI=1S/C16H27NO8/c1-6-24-5-8-3-10(13(21)15(23)16(8)25-6)17-9-2-7(4-18)11(19)14(22)12(9)20/h2,6,8-23H,3-5H2,1H3. The smallest absolute Gasteiger partial charge is 0.155 e. The highest BCUT2D eigenvalue weighted by Crippen LogP contribution is 2.33. The highest BCUT2D eigenvalue weighted by atomic mass is 16.7. The minimum absolute atomic E-state index is 0.121. The van der Waals surface area contributed by atoms with E-state index in [1.807, 2.05) is 0 Å². The molecule has 10 atom stereocenters. The van der Waals surface area contributed by atoms with Crippen molar-refractivity contribution in [3.63, 3.8) is 0 Å². The summed E-state index contributed by atoms with van der Waals surface area (Å²) in [5, 5.41) is 63.0. The van der Waals surface area contributed by atoms with Crippen LogP contribution in [0.2, 0.25) is 0 Å². The number of hydrogen-bond donors (Lipinski definition) is 7. The number of ether oxygens (including phenoxy) is 2. The van der Waals surface area contributed by atoms with Crippen LogP contribution in [0.15, 0.2) is 11.6 Å². The van der Waals surface area contributed by atoms with E-state index in [2.05, 4.69) is 5.32 Å².